The minimum atomic E-state index is -5.29. The Morgan fingerprint density at radius 3 is 2.43 bits per heavy atom. The van der Waals surface area contributed by atoms with Gasteiger partial charge in [-0.2, -0.15) is 0 Å². The first-order valence-corrected chi connectivity index (χ1v) is 16.7. The molecule has 0 bridgehead atoms. The van der Waals surface area contributed by atoms with Crippen molar-refractivity contribution >= 4 is 50.9 Å². The molecule has 246 valence electrons. The van der Waals surface area contributed by atoms with Crippen LogP contribution in [-0.2, 0) is 25.2 Å². The van der Waals surface area contributed by atoms with Crippen molar-refractivity contribution in [2.45, 2.75) is 40.3 Å². The second-order valence-corrected chi connectivity index (χ2v) is 13.8. The number of hydrogen-bond donors (Lipinski definition) is 1. The SMILES string of the molecule is COc1ccc(S(=O)(=O)N2C(=O)C(c3ccccc3SC)(N3C[C@H](O)C[C@H]3C(=O)N(C)C)c3cc(Cl)ccc32)c(OC(F)(F)F)c1. The van der Waals surface area contributed by atoms with Gasteiger partial charge < -0.3 is 19.5 Å². The van der Waals surface area contributed by atoms with Crippen LogP contribution in [0.15, 0.2) is 70.5 Å². The maximum atomic E-state index is 15.2. The van der Waals surface area contributed by atoms with Crippen LogP contribution in [0.1, 0.15) is 17.5 Å². The number of anilines is 1. The Balaban J connectivity index is 1.85. The van der Waals surface area contributed by atoms with E-state index in [1.54, 1.807) is 30.5 Å². The number of methoxy groups -OCH3 is 1. The van der Waals surface area contributed by atoms with Crippen molar-refractivity contribution in [1.82, 2.24) is 9.80 Å². The highest BCUT2D eigenvalue weighted by molar-refractivity contribution is 7.98. The summed E-state index contributed by atoms with van der Waals surface area (Å²) in [4.78, 5) is 31.1. The fraction of sp³-hybridized carbons (Fsp3) is 0.333. The molecule has 0 aromatic heterocycles. The van der Waals surface area contributed by atoms with Gasteiger partial charge in [0.05, 0.1) is 24.9 Å². The average Bonchev–Trinajstić information content (AvgIpc) is 3.50. The maximum absolute atomic E-state index is 15.2. The molecule has 0 spiro atoms. The van der Waals surface area contributed by atoms with Gasteiger partial charge in [0.1, 0.15) is 10.6 Å². The molecule has 46 heavy (non-hydrogen) atoms. The molecular formula is C30H29ClF3N3O7S2. The number of aliphatic hydroxyl groups excluding tert-OH is 1. The van der Waals surface area contributed by atoms with Crippen molar-refractivity contribution in [2.75, 3.05) is 38.3 Å². The molecule has 3 aromatic carbocycles. The van der Waals surface area contributed by atoms with Gasteiger partial charge in [0, 0.05) is 47.8 Å². The van der Waals surface area contributed by atoms with Crippen molar-refractivity contribution < 1.29 is 45.8 Å². The topological polar surface area (TPSA) is 117 Å². The fourth-order valence-corrected chi connectivity index (χ4v) is 8.45. The summed E-state index contributed by atoms with van der Waals surface area (Å²) in [6.45, 7) is -0.219. The lowest BCUT2D eigenvalue weighted by Gasteiger charge is -2.42. The van der Waals surface area contributed by atoms with Gasteiger partial charge in [0.25, 0.3) is 15.9 Å². The van der Waals surface area contributed by atoms with E-state index in [4.69, 9.17) is 16.3 Å². The highest BCUT2D eigenvalue weighted by atomic mass is 35.5. The normalized spacial score (nSPS) is 21.8. The molecule has 1 N–H and O–H groups in total. The van der Waals surface area contributed by atoms with Gasteiger partial charge in [-0.3, -0.25) is 14.5 Å². The van der Waals surface area contributed by atoms with Crippen LogP contribution in [0.3, 0.4) is 0 Å². The molecule has 2 aliphatic heterocycles. The van der Waals surface area contributed by atoms with Crippen LogP contribution in [0.4, 0.5) is 18.9 Å². The second-order valence-electron chi connectivity index (χ2n) is 10.8. The Bertz CT molecular complexity index is 1810. The number of fused-ring (bicyclic) bond motifs is 1. The van der Waals surface area contributed by atoms with Crippen molar-refractivity contribution in [3.8, 4) is 11.5 Å². The van der Waals surface area contributed by atoms with Gasteiger partial charge in [-0.15, -0.1) is 24.9 Å². The van der Waals surface area contributed by atoms with E-state index in [2.05, 4.69) is 4.74 Å². The summed E-state index contributed by atoms with van der Waals surface area (Å²) in [6, 6.07) is 12.3. The number of nitrogens with zero attached hydrogens (tertiary/aromatic N) is 3. The van der Waals surface area contributed by atoms with Crippen LogP contribution in [0.2, 0.25) is 5.02 Å². The Kier molecular flexibility index (Phi) is 9.03. The van der Waals surface area contributed by atoms with E-state index in [-0.39, 0.29) is 35.0 Å². The lowest BCUT2D eigenvalue weighted by Crippen LogP contribution is -2.59. The third-order valence-corrected chi connectivity index (χ3v) is 10.7. The Morgan fingerprint density at radius 1 is 1.11 bits per heavy atom. The maximum Gasteiger partial charge on any atom is 0.573 e. The zero-order valence-corrected chi connectivity index (χ0v) is 27.3. The predicted octanol–water partition coefficient (Wildman–Crippen LogP) is 4.47. The summed E-state index contributed by atoms with van der Waals surface area (Å²) in [5.41, 5.74) is -1.91. The van der Waals surface area contributed by atoms with E-state index >= 15 is 4.79 Å². The van der Waals surface area contributed by atoms with E-state index in [9.17, 15) is 31.5 Å². The molecule has 5 rings (SSSR count). The van der Waals surface area contributed by atoms with E-state index in [0.717, 1.165) is 18.2 Å². The van der Waals surface area contributed by atoms with Gasteiger partial charge in [-0.05, 0) is 49.1 Å². The smallest absolute Gasteiger partial charge is 0.497 e. The molecule has 2 heterocycles. The molecule has 1 fully saturated rings. The molecular weight excluding hydrogens is 671 g/mol. The molecule has 2 amide bonds. The van der Waals surface area contributed by atoms with Gasteiger partial charge in [-0.1, -0.05) is 29.8 Å². The summed E-state index contributed by atoms with van der Waals surface area (Å²) in [6.07, 6.45) is -4.69. The van der Waals surface area contributed by atoms with Crippen LogP contribution in [-0.4, -0.2) is 87.7 Å². The molecule has 16 heteroatoms. The summed E-state index contributed by atoms with van der Waals surface area (Å²) < 4.78 is 79.1. The quantitative estimate of drug-likeness (QED) is 0.340. The molecule has 3 atom stereocenters. The number of carbonyl (C=O) groups excluding carboxylic acids is 2. The molecule has 0 radical (unpaired) electrons. The van der Waals surface area contributed by atoms with Crippen molar-refractivity contribution in [3.05, 3.63) is 76.8 Å². The number of likely N-dealkylation sites (N-methyl/N-ethyl adjacent to an activating group) is 1. The first-order chi connectivity index (χ1) is 21.6. The number of carbonyl (C=O) groups is 2. The third kappa shape index (κ3) is 5.57. The predicted molar refractivity (Wildman–Crippen MR) is 165 cm³/mol. The van der Waals surface area contributed by atoms with Crippen LogP contribution in [0.5, 0.6) is 11.5 Å². The fourth-order valence-electron chi connectivity index (χ4n) is 6.07. The Morgan fingerprint density at radius 2 is 1.80 bits per heavy atom. The number of β-amino-alcohol motifs (C(OH)–C–C–N with tert-alkyl or cyclic N) is 1. The van der Waals surface area contributed by atoms with E-state index in [1.807, 2.05) is 0 Å². The lowest BCUT2D eigenvalue weighted by atomic mass is 9.81. The number of rotatable bonds is 8. The number of thioether (sulfide) groups is 1. The van der Waals surface area contributed by atoms with E-state index in [1.165, 1.54) is 61.0 Å². The number of alkyl halides is 3. The van der Waals surface area contributed by atoms with Crippen LogP contribution in [0.25, 0.3) is 0 Å². The zero-order valence-electron chi connectivity index (χ0n) is 24.9. The molecule has 3 aromatic rings. The number of ether oxygens (including phenoxy) is 2. The van der Waals surface area contributed by atoms with Crippen LogP contribution < -0.4 is 13.8 Å². The molecule has 0 aliphatic carbocycles. The number of aliphatic hydroxyl groups is 1. The minimum Gasteiger partial charge on any atom is -0.497 e. The largest absolute Gasteiger partial charge is 0.573 e. The molecule has 10 nitrogen and oxygen atoms in total. The average molecular weight is 700 g/mol. The van der Waals surface area contributed by atoms with Crippen molar-refractivity contribution in [3.63, 3.8) is 0 Å². The van der Waals surface area contributed by atoms with Gasteiger partial charge >= 0.3 is 6.36 Å². The van der Waals surface area contributed by atoms with Gasteiger partial charge in [0.15, 0.2) is 11.3 Å². The Labute approximate surface area is 272 Å². The lowest BCUT2D eigenvalue weighted by molar-refractivity contribution is -0.275. The van der Waals surface area contributed by atoms with E-state index in [0.29, 0.717) is 14.8 Å². The standard InChI is InChI=1S/C30H29ClF3N3O7S2/c1-35(2)27(39)23-14-18(38)16-36(23)29(20-7-5-6-8-25(20)45-4)21-13-17(31)9-11-22(21)37(28(29)40)46(41,42)26-12-10-19(43-3)15-24(26)44-30(32,33)34/h5-13,15,18,23,38H,14,16H2,1-4H3/t18-,23+,29?/m1/s1. The van der Waals surface area contributed by atoms with Gasteiger partial charge in [-0.25, -0.2) is 12.7 Å². The second kappa shape index (κ2) is 12.3. The number of hydrogen-bond acceptors (Lipinski definition) is 9. The first kappa shape index (κ1) is 33.9. The van der Waals surface area contributed by atoms with Crippen molar-refractivity contribution in [2.24, 2.45) is 0 Å². The number of halogens is 4. The first-order valence-electron chi connectivity index (χ1n) is 13.7. The summed E-state index contributed by atoms with van der Waals surface area (Å²) in [7, 11) is -0.967. The monoisotopic (exact) mass is 699 g/mol. The molecule has 0 saturated carbocycles. The summed E-state index contributed by atoms with van der Waals surface area (Å²) in [5, 5.41) is 11.0. The number of sulfonamides is 1. The third-order valence-electron chi connectivity index (χ3n) is 7.89. The van der Waals surface area contributed by atoms with Crippen LogP contribution in [0, 0.1) is 0 Å². The highest BCUT2D eigenvalue weighted by Gasteiger charge is 2.63. The number of likely N-dealkylation sites (tertiary alicyclic amines) is 1. The van der Waals surface area contributed by atoms with E-state index < -0.39 is 56.5 Å². The van der Waals surface area contributed by atoms with Gasteiger partial charge in [0.2, 0.25) is 5.91 Å². The highest BCUT2D eigenvalue weighted by Crippen LogP contribution is 2.55. The zero-order chi connectivity index (χ0) is 33.8. The van der Waals surface area contributed by atoms with Crippen molar-refractivity contribution in [1.29, 1.82) is 0 Å². The number of amides is 2. The Hall–Kier alpha value is -3.50. The molecule has 1 unspecified atom stereocenters. The summed E-state index contributed by atoms with van der Waals surface area (Å²) >= 11 is 7.73. The minimum absolute atomic E-state index is 0.0625. The molecule has 1 saturated heterocycles. The van der Waals surface area contributed by atoms with Crippen LogP contribution >= 0.6 is 23.4 Å². The molecule has 2 aliphatic rings. The number of benzene rings is 3. The summed E-state index contributed by atoms with van der Waals surface area (Å²) in [5.74, 6) is -2.80.